The standard InChI is InChI=1S/C14H16N2O4S/c1-3-5-6-11(17)20-8-10-9(7-15)13(16)21-12(10)14(18)19-4-2/h5-6H,3-4,8,16H2,1-2H3/b6-5+. The normalized spacial score (nSPS) is 10.3. The van der Waals surface area contributed by atoms with E-state index in [1.54, 1.807) is 13.0 Å². The molecule has 1 rings (SSSR count). The molecule has 0 fully saturated rings. The quantitative estimate of drug-likeness (QED) is 0.639. The second-order valence-corrected chi connectivity index (χ2v) is 4.95. The first-order valence-corrected chi connectivity index (χ1v) is 7.18. The van der Waals surface area contributed by atoms with Crippen LogP contribution in [0.25, 0.3) is 0 Å². The molecule has 6 nitrogen and oxygen atoms in total. The van der Waals surface area contributed by atoms with Gasteiger partial charge in [-0.25, -0.2) is 9.59 Å². The highest BCUT2D eigenvalue weighted by molar-refractivity contribution is 7.18. The van der Waals surface area contributed by atoms with Crippen LogP contribution in [0.3, 0.4) is 0 Å². The highest BCUT2D eigenvalue weighted by atomic mass is 32.1. The fourth-order valence-corrected chi connectivity index (χ4v) is 2.43. The Kier molecular flexibility index (Phi) is 6.43. The van der Waals surface area contributed by atoms with Gasteiger partial charge in [-0.15, -0.1) is 11.3 Å². The van der Waals surface area contributed by atoms with Crippen LogP contribution >= 0.6 is 11.3 Å². The minimum absolute atomic E-state index is 0.148. The summed E-state index contributed by atoms with van der Waals surface area (Å²) in [6.45, 7) is 3.57. The second kappa shape index (κ2) is 8.07. The summed E-state index contributed by atoms with van der Waals surface area (Å²) < 4.78 is 9.93. The highest BCUT2D eigenvalue weighted by Crippen LogP contribution is 2.31. The Morgan fingerprint density at radius 3 is 2.67 bits per heavy atom. The van der Waals surface area contributed by atoms with Crippen molar-refractivity contribution < 1.29 is 19.1 Å². The third-order valence-electron chi connectivity index (χ3n) is 2.46. The summed E-state index contributed by atoms with van der Waals surface area (Å²) >= 11 is 0.955. The Labute approximate surface area is 126 Å². The maximum absolute atomic E-state index is 11.8. The van der Waals surface area contributed by atoms with E-state index in [0.29, 0.717) is 6.42 Å². The van der Waals surface area contributed by atoms with E-state index in [-0.39, 0.29) is 34.2 Å². The molecular weight excluding hydrogens is 292 g/mol. The van der Waals surface area contributed by atoms with Crippen LogP contribution in [0.5, 0.6) is 0 Å². The van der Waals surface area contributed by atoms with Gasteiger partial charge in [0.15, 0.2) is 0 Å². The molecule has 1 heterocycles. The molecular formula is C14H16N2O4S. The molecule has 0 spiro atoms. The number of carbonyl (C=O) groups excluding carboxylic acids is 2. The molecule has 1 aromatic heterocycles. The lowest BCUT2D eigenvalue weighted by atomic mass is 10.1. The smallest absolute Gasteiger partial charge is 0.348 e. The number of nitriles is 1. The molecule has 112 valence electrons. The molecule has 0 aliphatic rings. The van der Waals surface area contributed by atoms with Gasteiger partial charge in [0.25, 0.3) is 0 Å². The molecule has 1 aromatic rings. The summed E-state index contributed by atoms with van der Waals surface area (Å²) in [6.07, 6.45) is 3.66. The summed E-state index contributed by atoms with van der Waals surface area (Å²) in [5.41, 5.74) is 6.14. The van der Waals surface area contributed by atoms with E-state index in [1.165, 1.54) is 6.08 Å². The van der Waals surface area contributed by atoms with E-state index in [2.05, 4.69) is 0 Å². The van der Waals surface area contributed by atoms with Crippen molar-refractivity contribution in [1.29, 1.82) is 5.26 Å². The molecule has 7 heteroatoms. The molecule has 0 radical (unpaired) electrons. The first kappa shape index (κ1) is 16.7. The Balaban J connectivity index is 2.98. The predicted octanol–water partition coefficient (Wildman–Crippen LogP) is 2.39. The number of hydrogen-bond acceptors (Lipinski definition) is 7. The van der Waals surface area contributed by atoms with Crippen molar-refractivity contribution in [2.75, 3.05) is 12.3 Å². The number of ether oxygens (including phenoxy) is 2. The van der Waals surface area contributed by atoms with Crippen molar-refractivity contribution in [3.8, 4) is 6.07 Å². The molecule has 2 N–H and O–H groups in total. The van der Waals surface area contributed by atoms with Gasteiger partial charge in [-0.2, -0.15) is 5.26 Å². The van der Waals surface area contributed by atoms with Crippen LogP contribution in [-0.4, -0.2) is 18.5 Å². The van der Waals surface area contributed by atoms with Crippen molar-refractivity contribution in [3.63, 3.8) is 0 Å². The largest absolute Gasteiger partial charge is 0.462 e. The molecule has 0 aliphatic heterocycles. The average molecular weight is 308 g/mol. The maximum Gasteiger partial charge on any atom is 0.348 e. The third kappa shape index (κ3) is 4.33. The zero-order valence-electron chi connectivity index (χ0n) is 11.8. The first-order chi connectivity index (χ1) is 10.0. The predicted molar refractivity (Wildman–Crippen MR) is 78.6 cm³/mol. The SMILES string of the molecule is CC/C=C/C(=O)OCc1c(C(=O)OCC)sc(N)c1C#N. The van der Waals surface area contributed by atoms with Gasteiger partial charge in [0.05, 0.1) is 12.2 Å². The maximum atomic E-state index is 11.8. The molecule has 0 aromatic carbocycles. The van der Waals surface area contributed by atoms with Crippen LogP contribution in [0, 0.1) is 11.3 Å². The Bertz CT molecular complexity index is 599. The van der Waals surface area contributed by atoms with Gasteiger partial charge in [-0.3, -0.25) is 0 Å². The van der Waals surface area contributed by atoms with Crippen molar-refractivity contribution in [2.45, 2.75) is 26.9 Å². The minimum Gasteiger partial charge on any atom is -0.462 e. The van der Waals surface area contributed by atoms with Gasteiger partial charge in [0, 0.05) is 11.6 Å². The van der Waals surface area contributed by atoms with E-state index in [0.717, 1.165) is 11.3 Å². The van der Waals surface area contributed by atoms with E-state index in [9.17, 15) is 9.59 Å². The van der Waals surface area contributed by atoms with Gasteiger partial charge in [0.2, 0.25) is 0 Å². The number of nitrogens with two attached hydrogens (primary N) is 1. The van der Waals surface area contributed by atoms with Crippen molar-refractivity contribution >= 4 is 28.3 Å². The molecule has 0 aliphatic carbocycles. The van der Waals surface area contributed by atoms with Crippen LogP contribution in [0.2, 0.25) is 0 Å². The fourth-order valence-electron chi connectivity index (χ4n) is 1.51. The van der Waals surface area contributed by atoms with Crippen LogP contribution in [0.15, 0.2) is 12.2 Å². The van der Waals surface area contributed by atoms with Crippen molar-refractivity contribution in [3.05, 3.63) is 28.2 Å². The number of carbonyl (C=O) groups is 2. The average Bonchev–Trinajstić information content (AvgIpc) is 2.79. The molecule has 0 bridgehead atoms. The summed E-state index contributed by atoms with van der Waals surface area (Å²) in [4.78, 5) is 23.5. The number of nitrogen functional groups attached to an aromatic ring is 1. The van der Waals surface area contributed by atoms with Crippen molar-refractivity contribution in [2.24, 2.45) is 0 Å². The second-order valence-electron chi connectivity index (χ2n) is 3.90. The van der Waals surface area contributed by atoms with Gasteiger partial charge < -0.3 is 15.2 Å². The van der Waals surface area contributed by atoms with Gasteiger partial charge >= 0.3 is 11.9 Å². The zero-order valence-corrected chi connectivity index (χ0v) is 12.7. The number of thiophene rings is 1. The van der Waals surface area contributed by atoms with Crippen LogP contribution in [0.4, 0.5) is 5.00 Å². The molecule has 0 amide bonds. The van der Waals surface area contributed by atoms with Gasteiger partial charge in [-0.05, 0) is 13.3 Å². The molecule has 21 heavy (non-hydrogen) atoms. The molecule has 0 unspecified atom stereocenters. The zero-order chi connectivity index (χ0) is 15.8. The highest BCUT2D eigenvalue weighted by Gasteiger charge is 2.23. The Hall–Kier alpha value is -2.33. The minimum atomic E-state index is -0.578. The lowest BCUT2D eigenvalue weighted by molar-refractivity contribution is -0.139. The summed E-state index contributed by atoms with van der Waals surface area (Å²) in [6, 6.07) is 1.92. The lowest BCUT2D eigenvalue weighted by Crippen LogP contribution is -2.08. The van der Waals surface area contributed by atoms with E-state index in [1.807, 2.05) is 13.0 Å². The first-order valence-electron chi connectivity index (χ1n) is 6.36. The van der Waals surface area contributed by atoms with E-state index < -0.39 is 11.9 Å². The number of nitrogens with zero attached hydrogens (tertiary/aromatic N) is 1. The number of esters is 2. The summed E-state index contributed by atoms with van der Waals surface area (Å²) in [5, 5.41) is 9.31. The summed E-state index contributed by atoms with van der Waals surface area (Å²) in [7, 11) is 0. The molecule has 0 saturated carbocycles. The third-order valence-corrected chi connectivity index (χ3v) is 3.50. The summed E-state index contributed by atoms with van der Waals surface area (Å²) in [5.74, 6) is -1.12. The number of allylic oxidation sites excluding steroid dienone is 1. The Morgan fingerprint density at radius 2 is 2.10 bits per heavy atom. The topological polar surface area (TPSA) is 102 Å². The monoisotopic (exact) mass is 308 g/mol. The van der Waals surface area contributed by atoms with Crippen LogP contribution in [-0.2, 0) is 20.9 Å². The molecule has 0 atom stereocenters. The van der Waals surface area contributed by atoms with Gasteiger partial charge in [0.1, 0.15) is 22.6 Å². The number of anilines is 1. The Morgan fingerprint density at radius 1 is 1.38 bits per heavy atom. The molecule has 0 saturated heterocycles. The van der Waals surface area contributed by atoms with Crippen molar-refractivity contribution in [1.82, 2.24) is 0 Å². The van der Waals surface area contributed by atoms with Crippen LogP contribution < -0.4 is 5.73 Å². The van der Waals surface area contributed by atoms with E-state index in [4.69, 9.17) is 20.5 Å². The van der Waals surface area contributed by atoms with Gasteiger partial charge in [-0.1, -0.05) is 13.0 Å². The fraction of sp³-hybridized carbons (Fsp3) is 0.357. The van der Waals surface area contributed by atoms with E-state index >= 15 is 0 Å². The van der Waals surface area contributed by atoms with Crippen LogP contribution in [0.1, 0.15) is 41.1 Å². The number of rotatable bonds is 6. The lowest BCUT2D eigenvalue weighted by Gasteiger charge is -2.05. The number of hydrogen-bond donors (Lipinski definition) is 1.